The van der Waals surface area contributed by atoms with Crippen molar-refractivity contribution in [3.8, 4) is 0 Å². The summed E-state index contributed by atoms with van der Waals surface area (Å²) in [6, 6.07) is 0. The van der Waals surface area contributed by atoms with Crippen molar-refractivity contribution in [3.63, 3.8) is 0 Å². The van der Waals surface area contributed by atoms with Gasteiger partial charge in [-0.2, -0.15) is 18.3 Å². The highest BCUT2D eigenvalue weighted by Gasteiger charge is 2.34. The quantitative estimate of drug-likeness (QED) is 0.837. The van der Waals surface area contributed by atoms with Gasteiger partial charge in [0.25, 0.3) is 0 Å². The molecule has 0 fully saturated rings. The lowest BCUT2D eigenvalue weighted by Gasteiger charge is -2.09. The van der Waals surface area contributed by atoms with Crippen LogP contribution in [0.2, 0.25) is 0 Å². The molecule has 1 rings (SSSR count). The zero-order valence-electron chi connectivity index (χ0n) is 6.48. The first kappa shape index (κ1) is 10.2. The molecule has 0 unspecified atom stereocenters. The summed E-state index contributed by atoms with van der Waals surface area (Å²) >= 11 is 2.79. The van der Waals surface area contributed by atoms with E-state index in [0.717, 1.165) is 0 Å². The maximum absolute atomic E-state index is 12.2. The first-order chi connectivity index (χ1) is 5.96. The summed E-state index contributed by atoms with van der Waals surface area (Å²) in [6.07, 6.45) is -3.74. The van der Waals surface area contributed by atoms with Gasteiger partial charge in [0.1, 0.15) is 0 Å². The van der Waals surface area contributed by atoms with Crippen molar-refractivity contribution in [2.75, 3.05) is 12.4 Å². The van der Waals surface area contributed by atoms with Gasteiger partial charge >= 0.3 is 6.18 Å². The number of rotatable bonds is 1. The van der Waals surface area contributed by atoms with Crippen molar-refractivity contribution in [1.29, 1.82) is 0 Å². The van der Waals surface area contributed by atoms with Crippen molar-refractivity contribution in [2.45, 2.75) is 6.18 Å². The van der Waals surface area contributed by atoms with Crippen LogP contribution in [0.25, 0.3) is 0 Å². The molecule has 0 radical (unpaired) electrons. The monoisotopic (exact) mass is 255 g/mol. The van der Waals surface area contributed by atoms with E-state index in [4.69, 9.17) is 0 Å². The molecule has 1 N–H and O–H groups in total. The highest BCUT2D eigenvalue weighted by atomic mass is 79.9. The SMILES string of the molecule is CNc1nncc(C(F)(F)F)c1Br. The van der Waals surface area contributed by atoms with Crippen LogP contribution in [0.1, 0.15) is 5.56 Å². The van der Waals surface area contributed by atoms with Gasteiger partial charge in [-0.15, -0.1) is 5.10 Å². The zero-order valence-corrected chi connectivity index (χ0v) is 8.07. The van der Waals surface area contributed by atoms with Gasteiger partial charge in [0.05, 0.1) is 16.2 Å². The minimum absolute atomic E-state index is 0.0647. The molecule has 7 heteroatoms. The maximum Gasteiger partial charge on any atom is 0.419 e. The van der Waals surface area contributed by atoms with Gasteiger partial charge in [-0.3, -0.25) is 0 Å². The molecular weight excluding hydrogens is 251 g/mol. The lowest BCUT2D eigenvalue weighted by Crippen LogP contribution is -2.09. The average molecular weight is 256 g/mol. The Morgan fingerprint density at radius 2 is 2.08 bits per heavy atom. The number of hydrogen-bond acceptors (Lipinski definition) is 3. The number of aromatic nitrogens is 2. The Morgan fingerprint density at radius 1 is 1.46 bits per heavy atom. The molecule has 72 valence electrons. The molecule has 0 aromatic carbocycles. The zero-order chi connectivity index (χ0) is 10.1. The predicted octanol–water partition coefficient (Wildman–Crippen LogP) is 2.30. The Hall–Kier alpha value is -0.850. The van der Waals surface area contributed by atoms with Crippen LogP contribution in [-0.4, -0.2) is 17.2 Å². The van der Waals surface area contributed by atoms with Crippen LogP contribution in [0, 0.1) is 0 Å². The molecule has 0 aliphatic heterocycles. The summed E-state index contributed by atoms with van der Waals surface area (Å²) in [4.78, 5) is 0. The van der Waals surface area contributed by atoms with E-state index < -0.39 is 11.7 Å². The lowest BCUT2D eigenvalue weighted by atomic mass is 10.3. The van der Waals surface area contributed by atoms with Crippen molar-refractivity contribution >= 4 is 21.7 Å². The minimum Gasteiger partial charge on any atom is -0.371 e. The molecule has 0 atom stereocenters. The molecule has 1 aromatic rings. The number of alkyl halides is 3. The van der Waals surface area contributed by atoms with Crippen LogP contribution in [0.4, 0.5) is 19.0 Å². The molecule has 0 aliphatic carbocycles. The van der Waals surface area contributed by atoms with Gasteiger partial charge in [0.15, 0.2) is 5.82 Å². The molecule has 0 saturated carbocycles. The minimum atomic E-state index is -4.42. The molecule has 3 nitrogen and oxygen atoms in total. The van der Waals surface area contributed by atoms with E-state index in [1.54, 1.807) is 0 Å². The van der Waals surface area contributed by atoms with Gasteiger partial charge in [0, 0.05) is 7.05 Å². The molecule has 0 aliphatic rings. The van der Waals surface area contributed by atoms with Crippen LogP contribution < -0.4 is 5.32 Å². The summed E-state index contributed by atoms with van der Waals surface area (Å²) in [5, 5.41) is 9.17. The molecular formula is C6H5BrF3N3. The third kappa shape index (κ3) is 2.09. The van der Waals surface area contributed by atoms with Crippen LogP contribution in [0.5, 0.6) is 0 Å². The Bertz CT molecular complexity index is 312. The standard InChI is InChI=1S/C6H5BrF3N3/c1-11-5-4(7)3(2-12-13-5)6(8,9)10/h2H,1H3,(H,11,13). The van der Waals surface area contributed by atoms with Gasteiger partial charge < -0.3 is 5.32 Å². The predicted molar refractivity (Wildman–Crippen MR) is 44.3 cm³/mol. The van der Waals surface area contributed by atoms with Gasteiger partial charge in [-0.05, 0) is 15.9 Å². The fourth-order valence-electron chi connectivity index (χ4n) is 0.730. The third-order valence-electron chi connectivity index (χ3n) is 1.33. The van der Waals surface area contributed by atoms with Crippen molar-refractivity contribution in [3.05, 3.63) is 16.2 Å². The molecule has 1 heterocycles. The van der Waals surface area contributed by atoms with Crippen LogP contribution in [0.3, 0.4) is 0 Å². The molecule has 0 saturated heterocycles. The largest absolute Gasteiger partial charge is 0.419 e. The number of halogens is 4. The summed E-state index contributed by atoms with van der Waals surface area (Å²) in [7, 11) is 1.47. The van der Waals surface area contributed by atoms with Gasteiger partial charge in [0.2, 0.25) is 0 Å². The first-order valence-electron chi connectivity index (χ1n) is 3.23. The molecule has 0 bridgehead atoms. The average Bonchev–Trinajstić information content (AvgIpc) is 2.02. The molecule has 0 amide bonds. The Morgan fingerprint density at radius 3 is 2.54 bits per heavy atom. The Balaban J connectivity index is 3.24. The summed E-state index contributed by atoms with van der Waals surface area (Å²) in [5.41, 5.74) is -0.841. The molecule has 1 aromatic heterocycles. The van der Waals surface area contributed by atoms with E-state index >= 15 is 0 Å². The lowest BCUT2D eigenvalue weighted by molar-refractivity contribution is -0.138. The number of hydrogen-bond donors (Lipinski definition) is 1. The van der Waals surface area contributed by atoms with Crippen molar-refractivity contribution < 1.29 is 13.2 Å². The number of nitrogens with one attached hydrogen (secondary N) is 1. The third-order valence-corrected chi connectivity index (χ3v) is 2.13. The van der Waals surface area contributed by atoms with E-state index in [1.165, 1.54) is 7.05 Å². The summed E-state index contributed by atoms with van der Waals surface area (Å²) in [5.74, 6) is 0.0647. The van der Waals surface area contributed by atoms with Crippen molar-refractivity contribution in [2.24, 2.45) is 0 Å². The summed E-state index contributed by atoms with van der Waals surface area (Å²) in [6.45, 7) is 0. The number of anilines is 1. The normalized spacial score (nSPS) is 11.5. The fraction of sp³-hybridized carbons (Fsp3) is 0.333. The second-order valence-electron chi connectivity index (χ2n) is 2.17. The second kappa shape index (κ2) is 3.49. The molecule has 13 heavy (non-hydrogen) atoms. The summed E-state index contributed by atoms with van der Waals surface area (Å²) < 4.78 is 36.6. The van der Waals surface area contributed by atoms with E-state index in [2.05, 4.69) is 31.4 Å². The Kier molecular flexibility index (Phi) is 2.74. The van der Waals surface area contributed by atoms with Crippen LogP contribution in [-0.2, 0) is 6.18 Å². The first-order valence-corrected chi connectivity index (χ1v) is 4.02. The van der Waals surface area contributed by atoms with E-state index in [0.29, 0.717) is 6.20 Å². The fourth-order valence-corrected chi connectivity index (χ4v) is 1.33. The highest BCUT2D eigenvalue weighted by Crippen LogP contribution is 2.36. The van der Waals surface area contributed by atoms with Crippen molar-refractivity contribution in [1.82, 2.24) is 10.2 Å². The van der Waals surface area contributed by atoms with Crippen LogP contribution in [0.15, 0.2) is 10.7 Å². The molecule has 0 spiro atoms. The van der Waals surface area contributed by atoms with E-state index in [9.17, 15) is 13.2 Å². The Labute approximate surface area is 80.5 Å². The smallest absolute Gasteiger partial charge is 0.371 e. The van der Waals surface area contributed by atoms with E-state index in [-0.39, 0.29) is 10.3 Å². The number of nitrogens with zero attached hydrogens (tertiary/aromatic N) is 2. The maximum atomic E-state index is 12.2. The van der Waals surface area contributed by atoms with Gasteiger partial charge in [-0.25, -0.2) is 0 Å². The second-order valence-corrected chi connectivity index (χ2v) is 2.96. The topological polar surface area (TPSA) is 37.8 Å². The highest BCUT2D eigenvalue weighted by molar-refractivity contribution is 9.10. The van der Waals surface area contributed by atoms with Crippen LogP contribution >= 0.6 is 15.9 Å². The van der Waals surface area contributed by atoms with E-state index in [1.807, 2.05) is 0 Å². The van der Waals surface area contributed by atoms with Gasteiger partial charge in [-0.1, -0.05) is 0 Å².